The van der Waals surface area contributed by atoms with Gasteiger partial charge in [-0.05, 0) is 43.4 Å². The highest BCUT2D eigenvalue weighted by molar-refractivity contribution is 5.91. The van der Waals surface area contributed by atoms with Crippen LogP contribution in [0.15, 0.2) is 12.1 Å². The lowest BCUT2D eigenvalue weighted by atomic mass is 9.71. The molecule has 2 rings (SSSR count). The Bertz CT molecular complexity index is 525. The topological polar surface area (TPSA) is 55.1 Å². The van der Waals surface area contributed by atoms with Crippen LogP contribution in [0.3, 0.4) is 0 Å². The van der Waals surface area contributed by atoms with Crippen LogP contribution in [-0.4, -0.2) is 12.5 Å². The van der Waals surface area contributed by atoms with Gasteiger partial charge in [-0.15, -0.1) is 0 Å². The lowest BCUT2D eigenvalue weighted by Gasteiger charge is -2.35. The van der Waals surface area contributed by atoms with E-state index in [4.69, 9.17) is 5.73 Å². The van der Waals surface area contributed by atoms with E-state index in [1.807, 2.05) is 0 Å². The van der Waals surface area contributed by atoms with E-state index in [-0.39, 0.29) is 23.4 Å². The van der Waals surface area contributed by atoms with Gasteiger partial charge < -0.3 is 11.1 Å². The molecule has 0 unspecified atom stereocenters. The van der Waals surface area contributed by atoms with Crippen molar-refractivity contribution in [1.82, 2.24) is 0 Å². The van der Waals surface area contributed by atoms with Crippen LogP contribution in [0.4, 0.5) is 14.5 Å². The lowest BCUT2D eigenvalue weighted by molar-refractivity contribution is -0.118. The fourth-order valence-electron chi connectivity index (χ4n) is 3.05. The predicted octanol–water partition coefficient (Wildman–Crippen LogP) is 3.51. The second-order valence-corrected chi connectivity index (χ2v) is 6.04. The molecule has 0 bridgehead atoms. The van der Waals surface area contributed by atoms with E-state index in [0.29, 0.717) is 12.1 Å². The Hall–Kier alpha value is -1.49. The van der Waals surface area contributed by atoms with Gasteiger partial charge in [0.25, 0.3) is 0 Å². The third-order valence-corrected chi connectivity index (χ3v) is 4.43. The van der Waals surface area contributed by atoms with Crippen LogP contribution in [0.25, 0.3) is 0 Å². The van der Waals surface area contributed by atoms with Gasteiger partial charge in [-0.2, -0.15) is 0 Å². The zero-order valence-corrected chi connectivity index (χ0v) is 12.3. The van der Waals surface area contributed by atoms with E-state index in [0.717, 1.165) is 38.2 Å². The zero-order chi connectivity index (χ0) is 15.5. The maximum absolute atomic E-state index is 13.9. The van der Waals surface area contributed by atoms with Gasteiger partial charge in [-0.25, -0.2) is 8.78 Å². The number of carbonyl (C=O) groups excluding carboxylic acids is 1. The van der Waals surface area contributed by atoms with Crippen LogP contribution in [-0.2, 0) is 4.79 Å². The summed E-state index contributed by atoms with van der Waals surface area (Å²) in [6, 6.07) is 2.51. The summed E-state index contributed by atoms with van der Waals surface area (Å²) in [5, 5.41) is 2.38. The third kappa shape index (κ3) is 3.59. The van der Waals surface area contributed by atoms with Crippen LogP contribution in [0, 0.1) is 24.0 Å². The SMILES string of the molecule is Cc1ccc(F)c(NC(=O)CC2(CN)CCCCC2)c1F. The molecule has 1 aliphatic rings. The molecule has 1 aliphatic carbocycles. The average molecular weight is 296 g/mol. The number of anilines is 1. The van der Waals surface area contributed by atoms with Gasteiger partial charge in [0.2, 0.25) is 5.91 Å². The van der Waals surface area contributed by atoms with Crippen LogP contribution in [0.1, 0.15) is 44.1 Å². The van der Waals surface area contributed by atoms with Crippen molar-refractivity contribution in [2.75, 3.05) is 11.9 Å². The summed E-state index contributed by atoms with van der Waals surface area (Å²) in [6.45, 7) is 1.96. The highest BCUT2D eigenvalue weighted by atomic mass is 19.1. The first-order chi connectivity index (χ1) is 9.97. The Labute approximate surface area is 123 Å². The number of nitrogens with one attached hydrogen (secondary N) is 1. The number of halogens is 2. The Morgan fingerprint density at radius 3 is 2.57 bits per heavy atom. The molecule has 0 spiro atoms. The molecule has 0 heterocycles. The summed E-state index contributed by atoms with van der Waals surface area (Å²) in [5.74, 6) is -1.84. The standard InChI is InChI=1S/C16H22F2N2O/c1-11-5-6-12(17)15(14(11)18)20-13(21)9-16(10-19)7-3-2-4-8-16/h5-6H,2-4,7-10,19H2,1H3,(H,20,21). The minimum absolute atomic E-state index is 0.219. The predicted molar refractivity (Wildman–Crippen MR) is 78.9 cm³/mol. The van der Waals surface area contributed by atoms with E-state index in [1.54, 1.807) is 0 Å². The summed E-state index contributed by atoms with van der Waals surface area (Å²) in [5.41, 5.74) is 5.56. The van der Waals surface area contributed by atoms with Crippen LogP contribution in [0.2, 0.25) is 0 Å². The number of amides is 1. The minimum Gasteiger partial charge on any atom is -0.330 e. The van der Waals surface area contributed by atoms with Crippen molar-refractivity contribution < 1.29 is 13.6 Å². The average Bonchev–Trinajstić information content (AvgIpc) is 2.48. The minimum atomic E-state index is -0.753. The number of benzene rings is 1. The second-order valence-electron chi connectivity index (χ2n) is 6.04. The zero-order valence-electron chi connectivity index (χ0n) is 12.3. The quantitative estimate of drug-likeness (QED) is 0.893. The van der Waals surface area contributed by atoms with Gasteiger partial charge in [0.1, 0.15) is 11.5 Å². The Balaban J connectivity index is 2.10. The van der Waals surface area contributed by atoms with Crippen molar-refractivity contribution in [3.63, 3.8) is 0 Å². The molecule has 0 radical (unpaired) electrons. The first kappa shape index (κ1) is 15.9. The molecule has 1 fully saturated rings. The molecular weight excluding hydrogens is 274 g/mol. The molecule has 0 saturated heterocycles. The first-order valence-electron chi connectivity index (χ1n) is 7.42. The van der Waals surface area contributed by atoms with Crippen LogP contribution >= 0.6 is 0 Å². The molecule has 5 heteroatoms. The summed E-state index contributed by atoms with van der Waals surface area (Å²) >= 11 is 0. The van der Waals surface area contributed by atoms with Crippen LogP contribution in [0.5, 0.6) is 0 Å². The third-order valence-electron chi connectivity index (χ3n) is 4.43. The number of carbonyl (C=O) groups is 1. The number of hydrogen-bond donors (Lipinski definition) is 2. The number of aryl methyl sites for hydroxylation is 1. The lowest BCUT2D eigenvalue weighted by Crippen LogP contribution is -2.36. The summed E-state index contributed by atoms with van der Waals surface area (Å²) in [4.78, 5) is 12.2. The molecular formula is C16H22F2N2O. The fourth-order valence-corrected chi connectivity index (χ4v) is 3.05. The Kier molecular flexibility index (Phi) is 4.93. The van der Waals surface area contributed by atoms with Crippen LogP contribution < -0.4 is 11.1 Å². The van der Waals surface area contributed by atoms with Crippen molar-refractivity contribution in [2.45, 2.75) is 45.4 Å². The van der Waals surface area contributed by atoms with Crippen molar-refractivity contribution in [2.24, 2.45) is 11.1 Å². The summed E-state index contributed by atoms with van der Waals surface area (Å²) in [6.07, 6.45) is 5.28. The van der Waals surface area contributed by atoms with Crippen molar-refractivity contribution in [3.8, 4) is 0 Å². The van der Waals surface area contributed by atoms with Gasteiger partial charge in [0.15, 0.2) is 5.82 Å². The molecule has 1 aromatic carbocycles. The van der Waals surface area contributed by atoms with E-state index >= 15 is 0 Å². The summed E-state index contributed by atoms with van der Waals surface area (Å²) < 4.78 is 27.6. The van der Waals surface area contributed by atoms with Crippen molar-refractivity contribution in [3.05, 3.63) is 29.3 Å². The van der Waals surface area contributed by atoms with Gasteiger partial charge in [-0.3, -0.25) is 4.79 Å². The monoisotopic (exact) mass is 296 g/mol. The van der Waals surface area contributed by atoms with E-state index in [1.165, 1.54) is 13.0 Å². The van der Waals surface area contributed by atoms with E-state index < -0.39 is 11.6 Å². The molecule has 0 aliphatic heterocycles. The van der Waals surface area contributed by atoms with E-state index in [9.17, 15) is 13.6 Å². The molecule has 0 aromatic heterocycles. The molecule has 21 heavy (non-hydrogen) atoms. The van der Waals surface area contributed by atoms with Gasteiger partial charge in [0, 0.05) is 6.42 Å². The van der Waals surface area contributed by atoms with Gasteiger partial charge in [-0.1, -0.05) is 25.3 Å². The van der Waals surface area contributed by atoms with Gasteiger partial charge in [0.05, 0.1) is 0 Å². The number of rotatable bonds is 4. The molecule has 1 aromatic rings. The Morgan fingerprint density at radius 1 is 1.29 bits per heavy atom. The summed E-state index contributed by atoms with van der Waals surface area (Å²) in [7, 11) is 0. The smallest absolute Gasteiger partial charge is 0.225 e. The largest absolute Gasteiger partial charge is 0.330 e. The maximum atomic E-state index is 13.9. The highest BCUT2D eigenvalue weighted by Crippen LogP contribution is 2.38. The number of hydrogen-bond acceptors (Lipinski definition) is 2. The fraction of sp³-hybridized carbons (Fsp3) is 0.562. The molecule has 1 saturated carbocycles. The van der Waals surface area contributed by atoms with Crippen molar-refractivity contribution in [1.29, 1.82) is 0 Å². The van der Waals surface area contributed by atoms with Crippen molar-refractivity contribution >= 4 is 11.6 Å². The molecule has 3 N–H and O–H groups in total. The Morgan fingerprint density at radius 2 is 1.95 bits per heavy atom. The molecule has 1 amide bonds. The normalized spacial score (nSPS) is 17.5. The molecule has 116 valence electrons. The van der Waals surface area contributed by atoms with Gasteiger partial charge >= 0.3 is 0 Å². The highest BCUT2D eigenvalue weighted by Gasteiger charge is 2.33. The molecule has 3 nitrogen and oxygen atoms in total. The number of nitrogens with two attached hydrogens (primary N) is 1. The first-order valence-corrected chi connectivity index (χ1v) is 7.42. The second kappa shape index (κ2) is 6.52. The van der Waals surface area contributed by atoms with E-state index in [2.05, 4.69) is 5.32 Å². The molecule has 0 atom stereocenters. The maximum Gasteiger partial charge on any atom is 0.225 e.